The molecule has 0 aromatic carbocycles. The van der Waals surface area contributed by atoms with Gasteiger partial charge in [-0.15, -0.1) is 0 Å². The molecule has 0 aliphatic carbocycles. The Kier molecular flexibility index (Phi) is 4.76. The second kappa shape index (κ2) is 5.91. The lowest BCUT2D eigenvalue weighted by Crippen LogP contribution is -2.44. The molecular weight excluding hydrogens is 246 g/mol. The molecule has 1 unspecified atom stereocenters. The summed E-state index contributed by atoms with van der Waals surface area (Å²) in [5, 5.41) is 17.9. The van der Waals surface area contributed by atoms with E-state index in [-0.39, 0.29) is 24.9 Å². The first-order chi connectivity index (χ1) is 8.85. The molecule has 0 aromatic heterocycles. The average molecular weight is 267 g/mol. The molecule has 19 heavy (non-hydrogen) atoms. The monoisotopic (exact) mass is 267 g/mol. The first-order valence-corrected chi connectivity index (χ1v) is 6.45. The summed E-state index contributed by atoms with van der Waals surface area (Å²) < 4.78 is 0. The maximum atomic E-state index is 12.1. The van der Waals surface area contributed by atoms with Gasteiger partial charge in [-0.2, -0.15) is 5.26 Å². The van der Waals surface area contributed by atoms with Crippen molar-refractivity contribution in [3.8, 4) is 6.07 Å². The number of amides is 2. The lowest BCUT2D eigenvalue weighted by atomic mass is 9.76. The minimum absolute atomic E-state index is 0.0211. The molecular formula is C13H21N3O3. The highest BCUT2D eigenvalue weighted by Gasteiger charge is 2.48. The summed E-state index contributed by atoms with van der Waals surface area (Å²) in [5.74, 6) is -0.857. The highest BCUT2D eigenvalue weighted by Crippen LogP contribution is 2.38. The minimum atomic E-state index is -0.842. The maximum absolute atomic E-state index is 12.1. The van der Waals surface area contributed by atoms with E-state index in [1.807, 2.05) is 19.9 Å². The van der Waals surface area contributed by atoms with Crippen LogP contribution >= 0.6 is 0 Å². The Labute approximate surface area is 113 Å². The normalized spacial score (nSPS) is 22.4. The molecule has 0 aromatic rings. The summed E-state index contributed by atoms with van der Waals surface area (Å²) in [6, 6.07) is 1.79. The third-order valence-electron chi connectivity index (χ3n) is 3.99. The third kappa shape index (κ3) is 2.98. The summed E-state index contributed by atoms with van der Waals surface area (Å²) in [6.45, 7) is 4.83. The Morgan fingerprint density at radius 1 is 1.53 bits per heavy atom. The lowest BCUT2D eigenvalue weighted by Gasteiger charge is -2.30. The summed E-state index contributed by atoms with van der Waals surface area (Å²) in [5.41, 5.74) is -0.842. The Bertz CT molecular complexity index is 402. The first-order valence-electron chi connectivity index (χ1n) is 6.45. The number of urea groups is 1. The van der Waals surface area contributed by atoms with Crippen molar-refractivity contribution < 1.29 is 14.7 Å². The molecule has 1 rings (SSSR count). The lowest BCUT2D eigenvalue weighted by molar-refractivity contribution is -0.150. The predicted octanol–water partition coefficient (Wildman–Crippen LogP) is 1.38. The van der Waals surface area contributed by atoms with Crippen LogP contribution in [0.4, 0.5) is 4.79 Å². The van der Waals surface area contributed by atoms with Crippen LogP contribution < -0.4 is 0 Å². The zero-order valence-electron chi connectivity index (χ0n) is 11.7. The number of hydrogen-bond acceptors (Lipinski definition) is 3. The Balaban J connectivity index is 2.72. The molecule has 1 aliphatic rings. The van der Waals surface area contributed by atoms with Crippen molar-refractivity contribution in [1.29, 1.82) is 5.26 Å². The number of likely N-dealkylation sites (tertiary alicyclic amines) is 1. The van der Waals surface area contributed by atoms with Crippen LogP contribution in [0.5, 0.6) is 0 Å². The second-order valence-corrected chi connectivity index (χ2v) is 5.40. The molecule has 2 amide bonds. The van der Waals surface area contributed by atoms with Crippen molar-refractivity contribution in [2.75, 3.05) is 26.7 Å². The zero-order chi connectivity index (χ0) is 14.6. The van der Waals surface area contributed by atoms with E-state index in [2.05, 4.69) is 0 Å². The predicted molar refractivity (Wildman–Crippen MR) is 69.4 cm³/mol. The van der Waals surface area contributed by atoms with Gasteiger partial charge in [0.25, 0.3) is 0 Å². The van der Waals surface area contributed by atoms with Crippen molar-refractivity contribution >= 4 is 12.0 Å². The SMILES string of the molecule is CC(C)C1(C(=O)O)CCN(C(=O)N(C)CCC#N)C1. The molecule has 6 heteroatoms. The maximum Gasteiger partial charge on any atom is 0.319 e. The molecule has 0 radical (unpaired) electrons. The van der Waals surface area contributed by atoms with Crippen LogP contribution in [0.15, 0.2) is 0 Å². The van der Waals surface area contributed by atoms with E-state index in [9.17, 15) is 14.7 Å². The van der Waals surface area contributed by atoms with Gasteiger partial charge < -0.3 is 14.9 Å². The summed E-state index contributed by atoms with van der Waals surface area (Å²) >= 11 is 0. The Morgan fingerprint density at radius 2 is 2.16 bits per heavy atom. The van der Waals surface area contributed by atoms with E-state index >= 15 is 0 Å². The highest BCUT2D eigenvalue weighted by molar-refractivity contribution is 5.80. The standard InChI is InChI=1S/C13H21N3O3/c1-10(2)13(11(17)18)5-8-16(9-13)12(19)15(3)7-4-6-14/h10H,4-5,7-9H2,1-3H3,(H,17,18). The average Bonchev–Trinajstić information content (AvgIpc) is 2.81. The first kappa shape index (κ1) is 15.3. The summed E-state index contributed by atoms with van der Waals surface area (Å²) in [6.07, 6.45) is 0.766. The highest BCUT2D eigenvalue weighted by atomic mass is 16.4. The second-order valence-electron chi connectivity index (χ2n) is 5.40. The number of nitriles is 1. The largest absolute Gasteiger partial charge is 0.481 e. The molecule has 1 fully saturated rings. The molecule has 1 heterocycles. The molecule has 0 bridgehead atoms. The van der Waals surface area contributed by atoms with Crippen LogP contribution in [-0.2, 0) is 4.79 Å². The zero-order valence-corrected chi connectivity index (χ0v) is 11.7. The quantitative estimate of drug-likeness (QED) is 0.834. The molecule has 0 saturated carbocycles. The molecule has 6 nitrogen and oxygen atoms in total. The number of carboxylic acid groups (broad SMARTS) is 1. The number of nitrogens with zero attached hydrogens (tertiary/aromatic N) is 3. The van der Waals surface area contributed by atoms with Gasteiger partial charge in [0.05, 0.1) is 17.9 Å². The van der Waals surface area contributed by atoms with E-state index in [0.29, 0.717) is 19.5 Å². The number of carboxylic acids is 1. The molecule has 1 saturated heterocycles. The van der Waals surface area contributed by atoms with Crippen molar-refractivity contribution in [2.45, 2.75) is 26.7 Å². The van der Waals surface area contributed by atoms with Crippen LogP contribution in [0.3, 0.4) is 0 Å². The molecule has 1 N–H and O–H groups in total. The van der Waals surface area contributed by atoms with Crippen LogP contribution in [0.25, 0.3) is 0 Å². The molecule has 1 aliphatic heterocycles. The van der Waals surface area contributed by atoms with Crippen LogP contribution in [0, 0.1) is 22.7 Å². The Morgan fingerprint density at radius 3 is 2.58 bits per heavy atom. The van der Waals surface area contributed by atoms with Crippen molar-refractivity contribution in [1.82, 2.24) is 9.80 Å². The summed E-state index contributed by atoms with van der Waals surface area (Å²) in [7, 11) is 1.63. The van der Waals surface area contributed by atoms with Crippen molar-refractivity contribution in [3.63, 3.8) is 0 Å². The number of hydrogen-bond donors (Lipinski definition) is 1. The van der Waals surface area contributed by atoms with Gasteiger partial charge >= 0.3 is 12.0 Å². The van der Waals surface area contributed by atoms with Gasteiger partial charge in [-0.1, -0.05) is 13.8 Å². The number of carbonyl (C=O) groups excluding carboxylic acids is 1. The number of aliphatic carboxylic acids is 1. The summed E-state index contributed by atoms with van der Waals surface area (Å²) in [4.78, 5) is 26.7. The van der Waals surface area contributed by atoms with Gasteiger partial charge in [0.1, 0.15) is 0 Å². The molecule has 0 spiro atoms. The smallest absolute Gasteiger partial charge is 0.319 e. The van der Waals surface area contributed by atoms with Gasteiger partial charge in [-0.3, -0.25) is 4.79 Å². The van der Waals surface area contributed by atoms with E-state index in [1.54, 1.807) is 11.9 Å². The topological polar surface area (TPSA) is 84.6 Å². The fourth-order valence-corrected chi connectivity index (χ4v) is 2.44. The van der Waals surface area contributed by atoms with E-state index in [0.717, 1.165) is 0 Å². The van der Waals surface area contributed by atoms with Crippen LogP contribution in [-0.4, -0.2) is 53.6 Å². The van der Waals surface area contributed by atoms with Gasteiger partial charge in [-0.25, -0.2) is 4.79 Å². The van der Waals surface area contributed by atoms with Crippen LogP contribution in [0.1, 0.15) is 26.7 Å². The van der Waals surface area contributed by atoms with E-state index in [1.165, 1.54) is 4.90 Å². The van der Waals surface area contributed by atoms with E-state index in [4.69, 9.17) is 5.26 Å². The third-order valence-corrected chi connectivity index (χ3v) is 3.99. The number of carbonyl (C=O) groups is 2. The Hall–Kier alpha value is -1.77. The van der Waals surface area contributed by atoms with Crippen molar-refractivity contribution in [2.24, 2.45) is 11.3 Å². The van der Waals surface area contributed by atoms with Crippen LogP contribution in [0.2, 0.25) is 0 Å². The number of rotatable bonds is 4. The minimum Gasteiger partial charge on any atom is -0.481 e. The van der Waals surface area contributed by atoms with Crippen molar-refractivity contribution in [3.05, 3.63) is 0 Å². The fourth-order valence-electron chi connectivity index (χ4n) is 2.44. The van der Waals surface area contributed by atoms with Gasteiger partial charge in [0.2, 0.25) is 0 Å². The van der Waals surface area contributed by atoms with Gasteiger partial charge in [0, 0.05) is 26.7 Å². The van der Waals surface area contributed by atoms with Gasteiger partial charge in [-0.05, 0) is 12.3 Å². The molecule has 106 valence electrons. The van der Waals surface area contributed by atoms with E-state index < -0.39 is 11.4 Å². The fraction of sp³-hybridized carbons (Fsp3) is 0.769. The van der Waals surface area contributed by atoms with Gasteiger partial charge in [0.15, 0.2) is 0 Å². The molecule has 1 atom stereocenters.